The lowest BCUT2D eigenvalue weighted by Crippen LogP contribution is -2.29. The van der Waals surface area contributed by atoms with Crippen LogP contribution in [0, 0.1) is 0 Å². The van der Waals surface area contributed by atoms with Crippen LogP contribution in [0.15, 0.2) is 42.5 Å². The third-order valence-corrected chi connectivity index (χ3v) is 6.82. The van der Waals surface area contributed by atoms with Crippen LogP contribution >= 0.6 is 22.9 Å². The average Bonchev–Trinajstić information content (AvgIpc) is 3.26. The molecule has 0 aliphatic carbocycles. The number of ether oxygens (including phenoxy) is 2. The van der Waals surface area contributed by atoms with Crippen LogP contribution in [0.2, 0.25) is 5.02 Å². The molecule has 1 aromatic heterocycles. The van der Waals surface area contributed by atoms with Gasteiger partial charge < -0.3 is 19.9 Å². The summed E-state index contributed by atoms with van der Waals surface area (Å²) >= 11 is 7.77. The first kappa shape index (κ1) is 26.7. The van der Waals surface area contributed by atoms with Gasteiger partial charge in [-0.05, 0) is 38.0 Å². The van der Waals surface area contributed by atoms with Gasteiger partial charge in [0.15, 0.2) is 6.10 Å². The zero-order chi connectivity index (χ0) is 25.5. The molecule has 0 fully saturated rings. The van der Waals surface area contributed by atoms with E-state index in [1.54, 1.807) is 39.2 Å². The van der Waals surface area contributed by atoms with Crippen LogP contribution in [0.4, 0.5) is 0 Å². The summed E-state index contributed by atoms with van der Waals surface area (Å²) in [4.78, 5) is 30.1. The number of halogens is 1. The number of methoxy groups -OCH3 is 1. The summed E-state index contributed by atoms with van der Waals surface area (Å²) in [5.74, 6) is -0.721. The number of aliphatic carboxylic acids is 1. The number of carbonyl (C=O) groups is 2. The molecule has 35 heavy (non-hydrogen) atoms. The number of hydrogen-bond donors (Lipinski definition) is 2. The van der Waals surface area contributed by atoms with E-state index in [0.717, 1.165) is 21.6 Å². The molecule has 2 N–H and O–H groups in total. The first-order valence-electron chi connectivity index (χ1n) is 11.3. The van der Waals surface area contributed by atoms with Crippen molar-refractivity contribution in [1.82, 2.24) is 10.3 Å². The Bertz CT molecular complexity index is 1190. The zero-order valence-electron chi connectivity index (χ0n) is 20.1. The molecule has 0 saturated carbocycles. The first-order valence-corrected chi connectivity index (χ1v) is 12.5. The summed E-state index contributed by atoms with van der Waals surface area (Å²) < 4.78 is 11.0. The summed E-state index contributed by atoms with van der Waals surface area (Å²) in [6, 6.07) is 12.8. The van der Waals surface area contributed by atoms with E-state index in [1.165, 1.54) is 11.3 Å². The predicted molar refractivity (Wildman–Crippen MR) is 137 cm³/mol. The van der Waals surface area contributed by atoms with E-state index in [9.17, 15) is 14.7 Å². The Hall–Kier alpha value is -2.94. The fourth-order valence-corrected chi connectivity index (χ4v) is 4.93. The van der Waals surface area contributed by atoms with E-state index in [-0.39, 0.29) is 25.0 Å². The molecule has 0 aliphatic rings. The van der Waals surface area contributed by atoms with Gasteiger partial charge in [0.1, 0.15) is 16.5 Å². The van der Waals surface area contributed by atoms with Crippen LogP contribution in [0.3, 0.4) is 0 Å². The van der Waals surface area contributed by atoms with Crippen LogP contribution in [-0.4, -0.2) is 41.3 Å². The number of carboxylic acids is 1. The average molecular weight is 517 g/mol. The topological polar surface area (TPSA) is 97.8 Å². The minimum absolute atomic E-state index is 0.195. The summed E-state index contributed by atoms with van der Waals surface area (Å²) in [7, 11) is 1.55. The van der Waals surface area contributed by atoms with E-state index in [1.807, 2.05) is 31.2 Å². The molecular formula is C26H29ClN2O5S. The Morgan fingerprint density at radius 3 is 2.57 bits per heavy atom. The molecule has 0 saturated heterocycles. The lowest BCUT2D eigenvalue weighted by atomic mass is 10.0. The van der Waals surface area contributed by atoms with Crippen molar-refractivity contribution in [2.75, 3.05) is 7.11 Å². The number of carboxylic acid groups (broad SMARTS) is 1. The van der Waals surface area contributed by atoms with Gasteiger partial charge in [-0.3, -0.25) is 4.79 Å². The van der Waals surface area contributed by atoms with Crippen molar-refractivity contribution in [3.05, 3.63) is 69.2 Å². The summed E-state index contributed by atoms with van der Waals surface area (Å²) in [6.07, 6.45) is -0.312. The maximum atomic E-state index is 13.1. The molecule has 9 heteroatoms. The van der Waals surface area contributed by atoms with Gasteiger partial charge in [-0.25, -0.2) is 9.78 Å². The minimum atomic E-state index is -1.02. The van der Waals surface area contributed by atoms with Crippen LogP contribution < -0.4 is 10.1 Å². The number of rotatable bonds is 11. The molecule has 186 valence electrons. The lowest BCUT2D eigenvalue weighted by Gasteiger charge is -2.18. The summed E-state index contributed by atoms with van der Waals surface area (Å²) in [5.41, 5.74) is 2.66. The van der Waals surface area contributed by atoms with Crippen molar-refractivity contribution in [2.24, 2.45) is 0 Å². The maximum absolute atomic E-state index is 13.1. The SMILES string of the molecule is CCc1sc(-c2ccccc2Cl)nc1C(=O)NCc1cc(CC(OC(C)C)C(=O)O)ccc1OC. The second-order valence-electron chi connectivity index (χ2n) is 8.17. The highest BCUT2D eigenvalue weighted by Crippen LogP contribution is 2.33. The zero-order valence-corrected chi connectivity index (χ0v) is 21.7. The number of aromatic nitrogens is 1. The molecule has 3 aromatic rings. The van der Waals surface area contributed by atoms with Crippen molar-refractivity contribution in [1.29, 1.82) is 0 Å². The third kappa shape index (κ3) is 6.81. The quantitative estimate of drug-likeness (QED) is 0.355. The van der Waals surface area contributed by atoms with Gasteiger partial charge in [0.25, 0.3) is 5.91 Å². The van der Waals surface area contributed by atoms with Crippen molar-refractivity contribution < 1.29 is 24.2 Å². The number of hydrogen-bond acceptors (Lipinski definition) is 6. The predicted octanol–water partition coefficient (Wildman–Crippen LogP) is 5.39. The highest BCUT2D eigenvalue weighted by molar-refractivity contribution is 7.15. The van der Waals surface area contributed by atoms with Crippen LogP contribution in [0.5, 0.6) is 5.75 Å². The fourth-order valence-electron chi connectivity index (χ4n) is 3.61. The molecule has 7 nitrogen and oxygen atoms in total. The smallest absolute Gasteiger partial charge is 0.333 e. The molecular weight excluding hydrogens is 488 g/mol. The minimum Gasteiger partial charge on any atom is -0.496 e. The molecule has 1 unspecified atom stereocenters. The summed E-state index contributed by atoms with van der Waals surface area (Å²) in [5, 5.41) is 13.7. The van der Waals surface area contributed by atoms with E-state index >= 15 is 0 Å². The number of nitrogens with zero attached hydrogens (tertiary/aromatic N) is 1. The van der Waals surface area contributed by atoms with Crippen molar-refractivity contribution in [2.45, 2.75) is 52.4 Å². The number of aryl methyl sites for hydroxylation is 1. The molecule has 1 heterocycles. The Labute approximate surface area is 214 Å². The second-order valence-corrected chi connectivity index (χ2v) is 9.66. The van der Waals surface area contributed by atoms with Crippen molar-refractivity contribution >= 4 is 34.8 Å². The van der Waals surface area contributed by atoms with Crippen molar-refractivity contribution in [3.8, 4) is 16.3 Å². The number of thiazole rings is 1. The highest BCUT2D eigenvalue weighted by atomic mass is 35.5. The van der Waals surface area contributed by atoms with Gasteiger partial charge in [-0.1, -0.05) is 48.9 Å². The standard InChI is InChI=1S/C26H29ClN2O5S/c1-5-22-23(29-25(35-22)18-8-6-7-9-19(18)27)24(30)28-14-17-12-16(10-11-20(17)33-4)13-21(26(31)32)34-15(2)3/h6-12,15,21H,5,13-14H2,1-4H3,(H,28,30)(H,31,32). The van der Waals surface area contributed by atoms with Gasteiger partial charge in [0.2, 0.25) is 0 Å². The Balaban J connectivity index is 1.79. The third-order valence-electron chi connectivity index (χ3n) is 5.25. The highest BCUT2D eigenvalue weighted by Gasteiger charge is 2.22. The van der Waals surface area contributed by atoms with Gasteiger partial charge in [-0.2, -0.15) is 0 Å². The molecule has 0 spiro atoms. The number of nitrogens with one attached hydrogen (secondary N) is 1. The first-order chi connectivity index (χ1) is 16.7. The lowest BCUT2D eigenvalue weighted by molar-refractivity contribution is -0.153. The van der Waals surface area contributed by atoms with Crippen molar-refractivity contribution in [3.63, 3.8) is 0 Å². The second kappa shape index (κ2) is 12.2. The molecule has 1 atom stereocenters. The molecule has 2 aromatic carbocycles. The van der Waals surface area contributed by atoms with Crippen LogP contribution in [0.1, 0.15) is 47.3 Å². The van der Waals surface area contributed by atoms with E-state index in [2.05, 4.69) is 10.3 Å². The molecule has 1 amide bonds. The monoisotopic (exact) mass is 516 g/mol. The van der Waals surface area contributed by atoms with Gasteiger partial charge in [0, 0.05) is 29.0 Å². The van der Waals surface area contributed by atoms with E-state index in [4.69, 9.17) is 21.1 Å². The summed E-state index contributed by atoms with van der Waals surface area (Å²) in [6.45, 7) is 5.77. The Kier molecular flexibility index (Phi) is 9.26. The van der Waals surface area contributed by atoms with Gasteiger partial charge in [0.05, 0.1) is 18.2 Å². The normalized spacial score (nSPS) is 11.9. The van der Waals surface area contributed by atoms with E-state index < -0.39 is 12.1 Å². The molecule has 0 radical (unpaired) electrons. The van der Waals surface area contributed by atoms with Crippen LogP contribution in [-0.2, 0) is 28.9 Å². The van der Waals surface area contributed by atoms with Crippen LogP contribution in [0.25, 0.3) is 10.6 Å². The fraction of sp³-hybridized carbons (Fsp3) is 0.346. The van der Waals surface area contributed by atoms with Gasteiger partial charge in [-0.15, -0.1) is 11.3 Å². The Morgan fingerprint density at radius 1 is 1.20 bits per heavy atom. The van der Waals surface area contributed by atoms with E-state index in [0.29, 0.717) is 27.9 Å². The van der Waals surface area contributed by atoms with Gasteiger partial charge >= 0.3 is 5.97 Å². The molecule has 0 bridgehead atoms. The number of carbonyl (C=O) groups excluding carboxylic acids is 1. The Morgan fingerprint density at radius 2 is 1.94 bits per heavy atom. The maximum Gasteiger partial charge on any atom is 0.333 e. The number of benzene rings is 2. The largest absolute Gasteiger partial charge is 0.496 e. The number of amides is 1. The molecule has 3 rings (SSSR count). The molecule has 0 aliphatic heterocycles.